The van der Waals surface area contributed by atoms with E-state index < -0.39 is 5.97 Å². The standard InChI is InChI=1S/C9H6O4S/c10-8(11)5-2-1-3-7-6(5)4-12-9(14)13-7/h1-3H,4H2,(H,10,11). The van der Waals surface area contributed by atoms with Crippen molar-refractivity contribution in [3.63, 3.8) is 0 Å². The van der Waals surface area contributed by atoms with Gasteiger partial charge in [-0.1, -0.05) is 6.07 Å². The van der Waals surface area contributed by atoms with Gasteiger partial charge in [0.25, 0.3) is 0 Å². The third-order valence-electron chi connectivity index (χ3n) is 1.89. The molecule has 0 bridgehead atoms. The lowest BCUT2D eigenvalue weighted by atomic mass is 10.1. The quantitative estimate of drug-likeness (QED) is 0.713. The minimum Gasteiger partial charge on any atom is -0.478 e. The predicted octanol–water partition coefficient (Wildman–Crippen LogP) is 1.58. The largest absolute Gasteiger partial charge is 0.478 e. The number of aromatic carboxylic acids is 1. The highest BCUT2D eigenvalue weighted by Crippen LogP contribution is 2.27. The lowest BCUT2D eigenvalue weighted by Crippen LogP contribution is -2.19. The van der Waals surface area contributed by atoms with E-state index in [9.17, 15) is 4.79 Å². The summed E-state index contributed by atoms with van der Waals surface area (Å²) in [5.41, 5.74) is 0.707. The Balaban J connectivity index is 2.52. The van der Waals surface area contributed by atoms with E-state index in [0.717, 1.165) is 0 Å². The number of carboxylic acids is 1. The smallest absolute Gasteiger partial charge is 0.358 e. The zero-order valence-corrected chi connectivity index (χ0v) is 7.84. The van der Waals surface area contributed by atoms with Gasteiger partial charge in [0.15, 0.2) is 0 Å². The molecule has 0 fully saturated rings. The molecular weight excluding hydrogens is 204 g/mol. The molecule has 1 aliphatic rings. The highest BCUT2D eigenvalue weighted by atomic mass is 32.1. The summed E-state index contributed by atoms with van der Waals surface area (Å²) in [5.74, 6) is -0.539. The fraction of sp³-hybridized carbons (Fsp3) is 0.111. The van der Waals surface area contributed by atoms with Crippen LogP contribution in [0.3, 0.4) is 0 Å². The summed E-state index contributed by atoms with van der Waals surface area (Å²) in [6.45, 7) is 0.149. The molecular formula is C9H6O4S. The van der Waals surface area contributed by atoms with Crippen molar-refractivity contribution in [1.29, 1.82) is 0 Å². The third-order valence-corrected chi connectivity index (χ3v) is 2.09. The van der Waals surface area contributed by atoms with Crippen LogP contribution in [0.15, 0.2) is 18.2 Å². The number of rotatable bonds is 1. The lowest BCUT2D eigenvalue weighted by Gasteiger charge is -2.19. The van der Waals surface area contributed by atoms with Gasteiger partial charge in [0, 0.05) is 17.8 Å². The summed E-state index contributed by atoms with van der Waals surface area (Å²) in [6, 6.07) is 4.77. The van der Waals surface area contributed by atoms with Crippen LogP contribution in [0.25, 0.3) is 0 Å². The molecule has 0 unspecified atom stereocenters. The number of thiocarbonyl (C=S) groups is 1. The molecule has 2 rings (SSSR count). The Bertz CT molecular complexity index is 413. The van der Waals surface area contributed by atoms with Gasteiger partial charge in [0.2, 0.25) is 0 Å². The maximum Gasteiger partial charge on any atom is 0.358 e. The number of benzene rings is 1. The van der Waals surface area contributed by atoms with Gasteiger partial charge < -0.3 is 14.6 Å². The summed E-state index contributed by atoms with van der Waals surface area (Å²) in [6.07, 6.45) is 0. The van der Waals surface area contributed by atoms with Crippen LogP contribution in [-0.2, 0) is 11.3 Å². The molecule has 1 heterocycles. The summed E-state index contributed by atoms with van der Waals surface area (Å²) >= 11 is 4.70. The van der Waals surface area contributed by atoms with Crippen LogP contribution in [-0.4, -0.2) is 16.3 Å². The van der Waals surface area contributed by atoms with Crippen molar-refractivity contribution in [3.05, 3.63) is 29.3 Å². The first kappa shape index (κ1) is 8.96. The maximum absolute atomic E-state index is 10.8. The molecule has 0 amide bonds. The third kappa shape index (κ3) is 1.42. The van der Waals surface area contributed by atoms with Crippen LogP contribution >= 0.6 is 12.2 Å². The van der Waals surface area contributed by atoms with Gasteiger partial charge in [-0.05, 0) is 12.1 Å². The van der Waals surface area contributed by atoms with E-state index in [1.165, 1.54) is 6.07 Å². The van der Waals surface area contributed by atoms with Crippen molar-refractivity contribution in [1.82, 2.24) is 0 Å². The Morgan fingerprint density at radius 1 is 1.50 bits per heavy atom. The van der Waals surface area contributed by atoms with E-state index in [1.54, 1.807) is 12.1 Å². The molecule has 4 nitrogen and oxygen atoms in total. The average Bonchev–Trinajstić information content (AvgIpc) is 2.16. The Kier molecular flexibility index (Phi) is 2.09. The zero-order chi connectivity index (χ0) is 10.1. The molecule has 1 aromatic carbocycles. The number of fused-ring (bicyclic) bond motifs is 1. The summed E-state index contributed by atoms with van der Waals surface area (Å²) in [5, 5.41) is 8.89. The van der Waals surface area contributed by atoms with Gasteiger partial charge >= 0.3 is 11.2 Å². The van der Waals surface area contributed by atoms with Crippen molar-refractivity contribution in [2.24, 2.45) is 0 Å². The van der Waals surface area contributed by atoms with Crippen molar-refractivity contribution >= 4 is 23.4 Å². The van der Waals surface area contributed by atoms with Gasteiger partial charge in [0.05, 0.1) is 5.56 Å². The first-order valence-electron chi connectivity index (χ1n) is 3.88. The van der Waals surface area contributed by atoms with E-state index >= 15 is 0 Å². The molecule has 0 saturated heterocycles. The van der Waals surface area contributed by atoms with Crippen molar-refractivity contribution < 1.29 is 19.4 Å². The first-order valence-corrected chi connectivity index (χ1v) is 4.29. The lowest BCUT2D eigenvalue weighted by molar-refractivity contribution is 0.0691. The van der Waals surface area contributed by atoms with E-state index in [1.807, 2.05) is 0 Å². The number of carboxylic acid groups (broad SMARTS) is 1. The van der Waals surface area contributed by atoms with Crippen LogP contribution in [0.5, 0.6) is 5.75 Å². The first-order chi connectivity index (χ1) is 6.68. The Morgan fingerprint density at radius 3 is 3.00 bits per heavy atom. The van der Waals surface area contributed by atoms with E-state index in [4.69, 9.17) is 26.8 Å². The maximum atomic E-state index is 10.8. The van der Waals surface area contributed by atoms with Crippen molar-refractivity contribution in [2.45, 2.75) is 6.61 Å². The second-order valence-electron chi connectivity index (χ2n) is 2.73. The highest BCUT2D eigenvalue weighted by Gasteiger charge is 2.21. The molecule has 0 spiro atoms. The molecule has 14 heavy (non-hydrogen) atoms. The number of hydrogen-bond donors (Lipinski definition) is 1. The second kappa shape index (κ2) is 3.26. The summed E-state index contributed by atoms with van der Waals surface area (Å²) in [7, 11) is 0. The van der Waals surface area contributed by atoms with Gasteiger partial charge in [-0.25, -0.2) is 4.79 Å². The van der Waals surface area contributed by atoms with Gasteiger partial charge in [-0.2, -0.15) is 0 Å². The van der Waals surface area contributed by atoms with Crippen LogP contribution in [0.1, 0.15) is 15.9 Å². The predicted molar refractivity (Wildman–Crippen MR) is 51.4 cm³/mol. The topological polar surface area (TPSA) is 55.8 Å². The molecule has 5 heteroatoms. The molecule has 72 valence electrons. The Labute approximate surface area is 85.1 Å². The monoisotopic (exact) mass is 210 g/mol. The summed E-state index contributed by atoms with van der Waals surface area (Å²) in [4.78, 5) is 10.8. The second-order valence-corrected chi connectivity index (χ2v) is 3.06. The van der Waals surface area contributed by atoms with E-state index in [0.29, 0.717) is 11.3 Å². The normalized spacial score (nSPS) is 13.9. The fourth-order valence-electron chi connectivity index (χ4n) is 1.26. The fourth-order valence-corrected chi connectivity index (χ4v) is 1.41. The zero-order valence-electron chi connectivity index (χ0n) is 7.02. The number of hydrogen-bond acceptors (Lipinski definition) is 4. The molecule has 0 atom stereocenters. The Hall–Kier alpha value is -1.62. The Morgan fingerprint density at radius 2 is 2.29 bits per heavy atom. The molecule has 0 saturated carbocycles. The average molecular weight is 210 g/mol. The minimum absolute atomic E-state index is 0.0278. The molecule has 0 aliphatic carbocycles. The molecule has 1 aromatic rings. The van der Waals surface area contributed by atoms with Crippen LogP contribution in [0.2, 0.25) is 0 Å². The SMILES string of the molecule is O=C(O)c1cccc2c1COC(=S)O2. The van der Waals surface area contributed by atoms with Crippen LogP contribution in [0.4, 0.5) is 0 Å². The molecule has 0 aromatic heterocycles. The number of carbonyl (C=O) groups is 1. The van der Waals surface area contributed by atoms with Crippen LogP contribution in [0, 0.1) is 0 Å². The van der Waals surface area contributed by atoms with Crippen molar-refractivity contribution in [2.75, 3.05) is 0 Å². The van der Waals surface area contributed by atoms with Gasteiger partial charge in [-0.3, -0.25) is 0 Å². The summed E-state index contributed by atoms with van der Waals surface area (Å²) < 4.78 is 10.0. The van der Waals surface area contributed by atoms with Gasteiger partial charge in [0.1, 0.15) is 12.4 Å². The highest BCUT2D eigenvalue weighted by molar-refractivity contribution is 7.79. The van der Waals surface area contributed by atoms with Crippen LogP contribution < -0.4 is 4.74 Å². The van der Waals surface area contributed by atoms with E-state index in [-0.39, 0.29) is 17.4 Å². The van der Waals surface area contributed by atoms with Gasteiger partial charge in [-0.15, -0.1) is 0 Å². The minimum atomic E-state index is -0.998. The molecule has 1 N–H and O–H groups in total. The van der Waals surface area contributed by atoms with Crippen molar-refractivity contribution in [3.8, 4) is 5.75 Å². The van der Waals surface area contributed by atoms with E-state index in [2.05, 4.69) is 0 Å². The number of ether oxygens (including phenoxy) is 2. The molecule has 0 radical (unpaired) electrons. The molecule has 1 aliphatic heterocycles.